The molecule has 0 aliphatic carbocycles. The number of aliphatic hydroxyl groups is 1. The number of likely N-dealkylation sites (tertiary alicyclic amines) is 2. The highest BCUT2D eigenvalue weighted by Crippen LogP contribution is 2.24. The van der Waals surface area contributed by atoms with Gasteiger partial charge in [-0.05, 0) is 43.4 Å². The molecule has 1 aromatic carbocycles. The van der Waals surface area contributed by atoms with Crippen molar-refractivity contribution in [2.45, 2.75) is 69.9 Å². The number of carboxylic acids is 1. The molecule has 0 aromatic heterocycles. The molecule has 2 unspecified atom stereocenters. The van der Waals surface area contributed by atoms with Gasteiger partial charge in [-0.1, -0.05) is 37.1 Å². The fourth-order valence-electron chi connectivity index (χ4n) is 4.51. The first-order valence-corrected chi connectivity index (χ1v) is 12.3. The summed E-state index contributed by atoms with van der Waals surface area (Å²) >= 11 is 0. The van der Waals surface area contributed by atoms with Crippen molar-refractivity contribution in [3.05, 3.63) is 42.0 Å². The van der Waals surface area contributed by atoms with Crippen molar-refractivity contribution in [2.24, 2.45) is 0 Å². The number of hydrogen-bond acceptors (Lipinski definition) is 5. The average molecular weight is 473 g/mol. The number of nitrogens with zero attached hydrogens (tertiary/aromatic N) is 2. The van der Waals surface area contributed by atoms with Gasteiger partial charge >= 0.3 is 5.97 Å². The lowest BCUT2D eigenvalue weighted by molar-refractivity contribution is -0.137. The van der Waals surface area contributed by atoms with Crippen molar-refractivity contribution in [1.29, 1.82) is 0 Å². The third-order valence-corrected chi connectivity index (χ3v) is 6.43. The fraction of sp³-hybridized carbons (Fsp3) is 0.577. The maximum atomic E-state index is 12.3. The van der Waals surface area contributed by atoms with Gasteiger partial charge in [-0.15, -0.1) is 0 Å². The Morgan fingerprint density at radius 2 is 1.94 bits per heavy atom. The van der Waals surface area contributed by atoms with Crippen LogP contribution < -0.4 is 4.74 Å². The summed E-state index contributed by atoms with van der Waals surface area (Å²) in [5, 5.41) is 19.4. The van der Waals surface area contributed by atoms with Crippen molar-refractivity contribution in [3.8, 4) is 5.75 Å². The second-order valence-electron chi connectivity index (χ2n) is 8.99. The van der Waals surface area contributed by atoms with E-state index in [9.17, 15) is 19.5 Å². The zero-order chi connectivity index (χ0) is 24.3. The number of aliphatic hydroxyl groups excluding tert-OH is 1. The van der Waals surface area contributed by atoms with E-state index in [1.807, 2.05) is 34.1 Å². The number of hydrogen-bond donors (Lipinski definition) is 2. The van der Waals surface area contributed by atoms with E-state index in [-0.39, 0.29) is 24.3 Å². The summed E-state index contributed by atoms with van der Waals surface area (Å²) in [5.41, 5.74) is 0.709. The molecular formula is C26H36N2O6. The molecule has 8 nitrogen and oxygen atoms in total. The summed E-state index contributed by atoms with van der Waals surface area (Å²) in [6.07, 6.45) is 9.04. The lowest BCUT2D eigenvalue weighted by atomic mass is 10.1. The summed E-state index contributed by atoms with van der Waals surface area (Å²) in [5.74, 6) is 0.184. The molecule has 186 valence electrons. The van der Waals surface area contributed by atoms with Crippen LogP contribution in [0, 0.1) is 0 Å². The topological polar surface area (TPSA) is 107 Å². The molecule has 8 heteroatoms. The molecule has 3 rings (SSSR count). The number of unbranched alkanes of at least 4 members (excludes halogenated alkanes) is 3. The Kier molecular flexibility index (Phi) is 9.94. The first kappa shape index (κ1) is 25.7. The van der Waals surface area contributed by atoms with Gasteiger partial charge in [0.05, 0.1) is 18.7 Å². The van der Waals surface area contributed by atoms with Gasteiger partial charge in [0.25, 0.3) is 0 Å². The average Bonchev–Trinajstić information content (AvgIpc) is 3.39. The van der Waals surface area contributed by atoms with Crippen LogP contribution in [-0.2, 0) is 14.4 Å². The van der Waals surface area contributed by atoms with E-state index in [1.54, 1.807) is 12.1 Å². The highest BCUT2D eigenvalue weighted by atomic mass is 16.5. The van der Waals surface area contributed by atoms with Gasteiger partial charge in [-0.2, -0.15) is 0 Å². The molecule has 34 heavy (non-hydrogen) atoms. The minimum atomic E-state index is -0.808. The largest absolute Gasteiger partial charge is 0.492 e. The Morgan fingerprint density at radius 1 is 1.12 bits per heavy atom. The van der Waals surface area contributed by atoms with Crippen LogP contribution in [0.3, 0.4) is 0 Å². The molecule has 2 heterocycles. The smallest absolute Gasteiger partial charge is 0.303 e. The van der Waals surface area contributed by atoms with Crippen LogP contribution in [0.2, 0.25) is 0 Å². The highest BCUT2D eigenvalue weighted by molar-refractivity contribution is 5.79. The van der Waals surface area contributed by atoms with Crippen molar-refractivity contribution >= 4 is 17.8 Å². The van der Waals surface area contributed by atoms with E-state index in [0.717, 1.165) is 38.6 Å². The molecule has 2 N–H and O–H groups in total. The first-order chi connectivity index (χ1) is 16.4. The Morgan fingerprint density at radius 3 is 2.71 bits per heavy atom. The molecule has 0 saturated carbocycles. The molecule has 2 amide bonds. The van der Waals surface area contributed by atoms with Gasteiger partial charge in [0.2, 0.25) is 11.8 Å². The second-order valence-corrected chi connectivity index (χ2v) is 8.99. The number of rotatable bonds is 14. The van der Waals surface area contributed by atoms with Crippen molar-refractivity contribution < 1.29 is 29.3 Å². The summed E-state index contributed by atoms with van der Waals surface area (Å²) in [6.45, 7) is 2.42. The SMILES string of the molecule is O=C(O)CCCCCCN1C(=O)CCC1C=CC(O)c1cccc(OCCN2CCCC2=O)c1. The predicted molar refractivity (Wildman–Crippen MR) is 127 cm³/mol. The van der Waals surface area contributed by atoms with Crippen LogP contribution in [0.4, 0.5) is 0 Å². The van der Waals surface area contributed by atoms with Crippen molar-refractivity contribution in [3.63, 3.8) is 0 Å². The summed E-state index contributed by atoms with van der Waals surface area (Å²) < 4.78 is 5.79. The van der Waals surface area contributed by atoms with Gasteiger partial charge in [0, 0.05) is 32.4 Å². The summed E-state index contributed by atoms with van der Waals surface area (Å²) in [7, 11) is 0. The molecule has 0 radical (unpaired) electrons. The maximum Gasteiger partial charge on any atom is 0.303 e. The summed E-state index contributed by atoms with van der Waals surface area (Å²) in [6, 6.07) is 7.27. The Hall–Kier alpha value is -2.87. The number of ether oxygens (including phenoxy) is 1. The van der Waals surface area contributed by atoms with Crippen LogP contribution in [0.5, 0.6) is 5.75 Å². The molecule has 2 saturated heterocycles. The Bertz CT molecular complexity index is 871. The van der Waals surface area contributed by atoms with Crippen LogP contribution in [-0.4, -0.2) is 70.1 Å². The van der Waals surface area contributed by atoms with Crippen LogP contribution in [0.25, 0.3) is 0 Å². The van der Waals surface area contributed by atoms with Crippen LogP contribution >= 0.6 is 0 Å². The zero-order valence-electron chi connectivity index (χ0n) is 19.7. The van der Waals surface area contributed by atoms with E-state index in [0.29, 0.717) is 50.3 Å². The van der Waals surface area contributed by atoms with E-state index in [2.05, 4.69) is 0 Å². The predicted octanol–water partition coefficient (Wildman–Crippen LogP) is 3.30. The Balaban J connectivity index is 1.45. The zero-order valence-corrected chi connectivity index (χ0v) is 19.7. The van der Waals surface area contributed by atoms with E-state index in [4.69, 9.17) is 9.84 Å². The number of carbonyl (C=O) groups is 3. The number of benzene rings is 1. The van der Waals surface area contributed by atoms with E-state index in [1.165, 1.54) is 0 Å². The second kappa shape index (κ2) is 13.1. The summed E-state index contributed by atoms with van der Waals surface area (Å²) in [4.78, 5) is 38.2. The normalized spacial score (nSPS) is 19.4. The minimum Gasteiger partial charge on any atom is -0.492 e. The van der Waals surface area contributed by atoms with E-state index < -0.39 is 12.1 Å². The number of carboxylic acid groups (broad SMARTS) is 1. The van der Waals surface area contributed by atoms with E-state index >= 15 is 0 Å². The van der Waals surface area contributed by atoms with Crippen molar-refractivity contribution in [2.75, 3.05) is 26.2 Å². The lowest BCUT2D eigenvalue weighted by Crippen LogP contribution is -2.32. The molecule has 2 aliphatic heterocycles. The number of amides is 2. The van der Waals surface area contributed by atoms with Gasteiger partial charge in [-0.25, -0.2) is 0 Å². The fourth-order valence-corrected chi connectivity index (χ4v) is 4.51. The first-order valence-electron chi connectivity index (χ1n) is 12.3. The monoisotopic (exact) mass is 472 g/mol. The lowest BCUT2D eigenvalue weighted by Gasteiger charge is -2.22. The molecule has 0 spiro atoms. The van der Waals surface area contributed by atoms with Crippen LogP contribution in [0.1, 0.15) is 69.5 Å². The van der Waals surface area contributed by atoms with Gasteiger partial charge in [-0.3, -0.25) is 14.4 Å². The highest BCUT2D eigenvalue weighted by Gasteiger charge is 2.28. The third-order valence-electron chi connectivity index (χ3n) is 6.43. The molecule has 0 bridgehead atoms. The number of aliphatic carboxylic acids is 1. The molecule has 2 fully saturated rings. The van der Waals surface area contributed by atoms with Crippen LogP contribution in [0.15, 0.2) is 36.4 Å². The standard InChI is InChI=1S/C26H36N2O6/c29-23(20-7-5-8-22(19-20)34-18-17-27-15-6-9-24(27)30)13-11-21-12-14-25(31)28(21)16-4-2-1-3-10-26(32)33/h5,7-8,11,13,19,21,23,29H,1-4,6,9-10,12,14-18H2,(H,32,33). The Labute approximate surface area is 201 Å². The minimum absolute atomic E-state index is 0.0291. The molecule has 2 aliphatic rings. The molecular weight excluding hydrogens is 436 g/mol. The van der Waals surface area contributed by atoms with Crippen molar-refractivity contribution in [1.82, 2.24) is 9.80 Å². The van der Waals surface area contributed by atoms with Gasteiger partial charge < -0.3 is 24.7 Å². The molecule has 1 aromatic rings. The van der Waals surface area contributed by atoms with Gasteiger partial charge in [0.1, 0.15) is 12.4 Å². The quantitative estimate of drug-likeness (QED) is 0.318. The number of carbonyl (C=O) groups excluding carboxylic acids is 2. The maximum absolute atomic E-state index is 12.3. The molecule has 2 atom stereocenters. The van der Waals surface area contributed by atoms with Gasteiger partial charge in [0.15, 0.2) is 0 Å². The third kappa shape index (κ3) is 7.87.